The van der Waals surface area contributed by atoms with E-state index >= 15 is 0 Å². The summed E-state index contributed by atoms with van der Waals surface area (Å²) in [6.07, 6.45) is -14.7. The molecule has 0 aromatic carbocycles. The quantitative estimate of drug-likeness (QED) is 0.775. The third kappa shape index (κ3) is 4.71. The Morgan fingerprint density at radius 1 is 0.941 bits per heavy atom. The molecule has 8 heteroatoms. The molecular weight excluding hydrogens is 252 g/mol. The van der Waals surface area contributed by atoms with Crippen LogP contribution in [0.5, 0.6) is 0 Å². The number of hydrogen-bond donors (Lipinski definition) is 1. The summed E-state index contributed by atoms with van der Waals surface area (Å²) in [6, 6.07) is 0. The minimum atomic E-state index is -5.42. The van der Waals surface area contributed by atoms with E-state index in [0.717, 1.165) is 0 Å². The zero-order valence-corrected chi connectivity index (χ0v) is 8.87. The third-order valence-electron chi connectivity index (χ3n) is 2.45. The number of rotatable bonds is 2. The maximum atomic E-state index is 12.2. The number of nitrogens with one attached hydrogen (secondary N) is 1. The van der Waals surface area contributed by atoms with Crippen LogP contribution in [-0.2, 0) is 4.74 Å². The highest BCUT2D eigenvalue weighted by Gasteiger charge is 2.58. The van der Waals surface area contributed by atoms with E-state index in [4.69, 9.17) is 0 Å². The molecule has 0 aromatic rings. The SMILES string of the molecule is FC(F)(F)C(OC1CCCNCC1)C(F)(F)F. The van der Waals surface area contributed by atoms with E-state index in [9.17, 15) is 26.3 Å². The predicted octanol–water partition coefficient (Wildman–Crippen LogP) is 2.64. The molecular formula is C9H13F6NO. The molecule has 0 radical (unpaired) electrons. The molecule has 1 fully saturated rings. The van der Waals surface area contributed by atoms with Gasteiger partial charge in [-0.25, -0.2) is 0 Å². The molecule has 0 aliphatic carbocycles. The van der Waals surface area contributed by atoms with Gasteiger partial charge >= 0.3 is 12.4 Å². The summed E-state index contributed by atoms with van der Waals surface area (Å²) in [4.78, 5) is 0. The maximum absolute atomic E-state index is 12.2. The van der Waals surface area contributed by atoms with Gasteiger partial charge in [0.25, 0.3) is 0 Å². The second-order valence-electron chi connectivity index (χ2n) is 3.90. The number of halogens is 6. The lowest BCUT2D eigenvalue weighted by molar-refractivity contribution is -0.331. The highest BCUT2D eigenvalue weighted by Crippen LogP contribution is 2.37. The van der Waals surface area contributed by atoms with Crippen molar-refractivity contribution in [2.45, 2.75) is 43.8 Å². The van der Waals surface area contributed by atoms with Crippen LogP contribution in [0, 0.1) is 0 Å². The molecule has 0 spiro atoms. The summed E-state index contributed by atoms with van der Waals surface area (Å²) in [5, 5.41) is 2.89. The summed E-state index contributed by atoms with van der Waals surface area (Å²) < 4.78 is 77.5. The summed E-state index contributed by atoms with van der Waals surface area (Å²) >= 11 is 0. The van der Waals surface area contributed by atoms with E-state index in [-0.39, 0.29) is 12.8 Å². The van der Waals surface area contributed by atoms with E-state index in [1.165, 1.54) is 0 Å². The van der Waals surface area contributed by atoms with Crippen LogP contribution in [0.25, 0.3) is 0 Å². The Balaban J connectivity index is 2.65. The van der Waals surface area contributed by atoms with Crippen LogP contribution >= 0.6 is 0 Å². The van der Waals surface area contributed by atoms with Gasteiger partial charge < -0.3 is 10.1 Å². The van der Waals surface area contributed by atoms with E-state index < -0.39 is 24.6 Å². The van der Waals surface area contributed by atoms with Gasteiger partial charge in [0.1, 0.15) is 0 Å². The van der Waals surface area contributed by atoms with Gasteiger partial charge in [-0.05, 0) is 32.4 Å². The summed E-state index contributed by atoms with van der Waals surface area (Å²) in [6.45, 7) is 0.954. The van der Waals surface area contributed by atoms with Crippen LogP contribution in [0.3, 0.4) is 0 Å². The summed E-state index contributed by atoms with van der Waals surface area (Å²) in [7, 11) is 0. The number of hydrogen-bond acceptors (Lipinski definition) is 2. The van der Waals surface area contributed by atoms with Crippen molar-refractivity contribution in [2.24, 2.45) is 0 Å². The molecule has 1 N–H and O–H groups in total. The minimum Gasteiger partial charge on any atom is -0.358 e. The molecule has 2 nitrogen and oxygen atoms in total. The topological polar surface area (TPSA) is 21.3 Å². The van der Waals surface area contributed by atoms with Crippen molar-refractivity contribution >= 4 is 0 Å². The van der Waals surface area contributed by atoms with Gasteiger partial charge in [0.2, 0.25) is 6.10 Å². The second-order valence-corrected chi connectivity index (χ2v) is 3.90. The van der Waals surface area contributed by atoms with Crippen molar-refractivity contribution in [1.82, 2.24) is 5.32 Å². The molecule has 1 heterocycles. The molecule has 0 bridgehead atoms. The van der Waals surface area contributed by atoms with Gasteiger partial charge in [0.15, 0.2) is 0 Å². The number of ether oxygens (including phenoxy) is 1. The predicted molar refractivity (Wildman–Crippen MR) is 47.5 cm³/mol. The summed E-state index contributed by atoms with van der Waals surface area (Å²) in [5.74, 6) is 0. The Morgan fingerprint density at radius 2 is 1.53 bits per heavy atom. The van der Waals surface area contributed by atoms with Crippen molar-refractivity contribution in [1.29, 1.82) is 0 Å². The normalized spacial score (nSPS) is 23.8. The smallest absolute Gasteiger partial charge is 0.358 e. The van der Waals surface area contributed by atoms with Gasteiger partial charge in [-0.1, -0.05) is 0 Å². The molecule has 0 saturated carbocycles. The first kappa shape index (κ1) is 14.6. The zero-order valence-electron chi connectivity index (χ0n) is 8.87. The van der Waals surface area contributed by atoms with Crippen LogP contribution in [0.2, 0.25) is 0 Å². The van der Waals surface area contributed by atoms with Gasteiger partial charge in [0.05, 0.1) is 6.10 Å². The Labute approximate surface area is 94.3 Å². The molecule has 1 atom stereocenters. The fourth-order valence-corrected chi connectivity index (χ4v) is 1.66. The average Bonchev–Trinajstić information content (AvgIpc) is 2.38. The Morgan fingerprint density at radius 3 is 2.06 bits per heavy atom. The standard InChI is InChI=1S/C9H13F6NO/c10-8(11,12)7(9(13,14)15)17-6-2-1-4-16-5-3-6/h6-7,16H,1-5H2. The van der Waals surface area contributed by atoms with Gasteiger partial charge in [0, 0.05) is 0 Å². The minimum absolute atomic E-state index is 0.155. The Bertz CT molecular complexity index is 217. The fraction of sp³-hybridized carbons (Fsp3) is 1.00. The third-order valence-corrected chi connectivity index (χ3v) is 2.45. The van der Waals surface area contributed by atoms with Crippen molar-refractivity contribution in [3.05, 3.63) is 0 Å². The van der Waals surface area contributed by atoms with Gasteiger partial charge in [-0.2, -0.15) is 26.3 Å². The largest absolute Gasteiger partial charge is 0.423 e. The second kappa shape index (κ2) is 5.43. The first-order valence-electron chi connectivity index (χ1n) is 5.21. The number of alkyl halides is 6. The maximum Gasteiger partial charge on any atom is 0.423 e. The molecule has 1 saturated heterocycles. The molecule has 1 aliphatic rings. The first-order valence-corrected chi connectivity index (χ1v) is 5.21. The van der Waals surface area contributed by atoms with Crippen LogP contribution in [0.4, 0.5) is 26.3 Å². The average molecular weight is 265 g/mol. The van der Waals surface area contributed by atoms with Crippen molar-refractivity contribution in [3.8, 4) is 0 Å². The zero-order chi connectivity index (χ0) is 13.1. The van der Waals surface area contributed by atoms with Crippen LogP contribution in [-0.4, -0.2) is 37.7 Å². The van der Waals surface area contributed by atoms with Crippen LogP contribution in [0.15, 0.2) is 0 Å². The highest BCUT2D eigenvalue weighted by molar-refractivity contribution is 4.79. The van der Waals surface area contributed by atoms with E-state index in [2.05, 4.69) is 10.1 Å². The molecule has 102 valence electrons. The monoisotopic (exact) mass is 265 g/mol. The molecule has 17 heavy (non-hydrogen) atoms. The molecule has 0 amide bonds. The first-order chi connectivity index (χ1) is 7.71. The van der Waals surface area contributed by atoms with E-state index in [0.29, 0.717) is 19.5 Å². The molecule has 1 unspecified atom stereocenters. The lowest BCUT2D eigenvalue weighted by Crippen LogP contribution is -2.46. The van der Waals surface area contributed by atoms with E-state index in [1.807, 2.05) is 0 Å². The van der Waals surface area contributed by atoms with E-state index in [1.54, 1.807) is 0 Å². The molecule has 1 rings (SSSR count). The van der Waals surface area contributed by atoms with Gasteiger partial charge in [-0.15, -0.1) is 0 Å². The van der Waals surface area contributed by atoms with Crippen molar-refractivity contribution in [3.63, 3.8) is 0 Å². The van der Waals surface area contributed by atoms with Crippen LogP contribution < -0.4 is 5.32 Å². The van der Waals surface area contributed by atoms with Gasteiger partial charge in [-0.3, -0.25) is 0 Å². The lowest BCUT2D eigenvalue weighted by atomic mass is 10.1. The van der Waals surface area contributed by atoms with Crippen molar-refractivity contribution in [2.75, 3.05) is 13.1 Å². The molecule has 1 aliphatic heterocycles. The lowest BCUT2D eigenvalue weighted by Gasteiger charge is -2.27. The van der Waals surface area contributed by atoms with Crippen molar-refractivity contribution < 1.29 is 31.1 Å². The Kier molecular flexibility index (Phi) is 4.65. The van der Waals surface area contributed by atoms with Crippen LogP contribution in [0.1, 0.15) is 19.3 Å². The highest BCUT2D eigenvalue weighted by atomic mass is 19.4. The Hall–Kier alpha value is -0.500. The summed E-state index contributed by atoms with van der Waals surface area (Å²) in [5.41, 5.74) is 0. The fourth-order valence-electron chi connectivity index (χ4n) is 1.66. The molecule has 0 aromatic heterocycles.